The number of nitrogens with one attached hydrogen (secondary N) is 1. The molecule has 2 atom stereocenters. The minimum absolute atomic E-state index is 0.341. The molecule has 2 unspecified atom stereocenters. The standard InChI is InChI=1S/C19H21ClN4O2S/c1-26-14-4-2-12(3-5-14)9-22-19-17(20)18(16(27)10-23-19)24-7-6-13(8-21)15(25)11-24/h2-5,10,13,15,25,27H,6-7,9,11H2,1H3,(H,22,23). The van der Waals surface area contributed by atoms with Crippen LogP contribution in [0.4, 0.5) is 11.5 Å². The lowest BCUT2D eigenvalue weighted by Gasteiger charge is -2.35. The molecule has 1 aliphatic heterocycles. The van der Waals surface area contributed by atoms with Gasteiger partial charge in [0.25, 0.3) is 0 Å². The van der Waals surface area contributed by atoms with Gasteiger partial charge in [0.15, 0.2) is 0 Å². The zero-order chi connectivity index (χ0) is 19.4. The molecule has 2 aromatic rings. The van der Waals surface area contributed by atoms with E-state index in [4.69, 9.17) is 21.6 Å². The highest BCUT2D eigenvalue weighted by Crippen LogP contribution is 2.38. The first-order chi connectivity index (χ1) is 13.0. The lowest BCUT2D eigenvalue weighted by molar-refractivity contribution is 0.120. The molecule has 1 saturated heterocycles. The lowest BCUT2D eigenvalue weighted by Crippen LogP contribution is -2.43. The molecule has 2 N–H and O–H groups in total. The molecule has 1 aromatic carbocycles. The lowest BCUT2D eigenvalue weighted by atomic mass is 9.95. The van der Waals surface area contributed by atoms with Crippen LogP contribution in [0.5, 0.6) is 5.75 Å². The smallest absolute Gasteiger partial charge is 0.147 e. The zero-order valence-electron chi connectivity index (χ0n) is 14.9. The highest BCUT2D eigenvalue weighted by molar-refractivity contribution is 7.80. The van der Waals surface area contributed by atoms with Crippen molar-refractivity contribution in [2.75, 3.05) is 30.4 Å². The molecule has 1 fully saturated rings. The zero-order valence-corrected chi connectivity index (χ0v) is 16.5. The van der Waals surface area contributed by atoms with Gasteiger partial charge in [-0.3, -0.25) is 0 Å². The van der Waals surface area contributed by atoms with Crippen molar-refractivity contribution >= 4 is 35.7 Å². The minimum Gasteiger partial charge on any atom is -0.497 e. The number of methoxy groups -OCH3 is 1. The predicted molar refractivity (Wildman–Crippen MR) is 109 cm³/mol. The van der Waals surface area contributed by atoms with Crippen LogP contribution >= 0.6 is 24.2 Å². The summed E-state index contributed by atoms with van der Waals surface area (Å²) in [6, 6.07) is 9.88. The van der Waals surface area contributed by atoms with Crippen molar-refractivity contribution in [3.63, 3.8) is 0 Å². The topological polar surface area (TPSA) is 81.4 Å². The van der Waals surface area contributed by atoms with E-state index < -0.39 is 6.10 Å². The number of ether oxygens (including phenoxy) is 1. The number of aromatic nitrogens is 1. The average molecular weight is 405 g/mol. The van der Waals surface area contributed by atoms with Gasteiger partial charge in [0.1, 0.15) is 16.6 Å². The Bertz CT molecular complexity index is 841. The average Bonchev–Trinajstić information content (AvgIpc) is 2.68. The van der Waals surface area contributed by atoms with Gasteiger partial charge >= 0.3 is 0 Å². The van der Waals surface area contributed by atoms with Gasteiger partial charge in [-0.25, -0.2) is 4.98 Å². The van der Waals surface area contributed by atoms with Crippen molar-refractivity contribution in [2.45, 2.75) is 24.0 Å². The van der Waals surface area contributed by atoms with Crippen LogP contribution in [0.3, 0.4) is 0 Å². The summed E-state index contributed by atoms with van der Waals surface area (Å²) in [5.74, 6) is 1.01. The number of thiol groups is 1. The number of rotatable bonds is 5. The van der Waals surface area contributed by atoms with E-state index >= 15 is 0 Å². The third kappa shape index (κ3) is 4.41. The van der Waals surface area contributed by atoms with Gasteiger partial charge in [-0.05, 0) is 24.1 Å². The number of halogens is 1. The fraction of sp³-hybridized carbons (Fsp3) is 0.368. The highest BCUT2D eigenvalue weighted by Gasteiger charge is 2.30. The molecule has 142 valence electrons. The number of anilines is 2. The molecule has 0 aliphatic carbocycles. The Morgan fingerprint density at radius 3 is 2.81 bits per heavy atom. The second kappa shape index (κ2) is 8.70. The number of nitrogens with zero attached hydrogens (tertiary/aromatic N) is 3. The van der Waals surface area contributed by atoms with E-state index in [-0.39, 0.29) is 5.92 Å². The molecule has 0 bridgehead atoms. The third-order valence-corrected chi connectivity index (χ3v) is 5.34. The summed E-state index contributed by atoms with van der Waals surface area (Å²) in [5, 5.41) is 23.0. The van der Waals surface area contributed by atoms with Crippen molar-refractivity contribution in [3.8, 4) is 11.8 Å². The number of piperidine rings is 1. The number of nitriles is 1. The normalized spacial score (nSPS) is 19.4. The molecule has 0 amide bonds. The van der Waals surface area contributed by atoms with Crippen LogP contribution in [-0.2, 0) is 6.54 Å². The maximum Gasteiger partial charge on any atom is 0.147 e. The SMILES string of the molecule is COc1ccc(CNc2ncc(S)c(N3CCC(C#N)C(O)C3)c2Cl)cc1. The van der Waals surface area contributed by atoms with Crippen molar-refractivity contribution in [2.24, 2.45) is 5.92 Å². The first-order valence-electron chi connectivity index (χ1n) is 8.60. The number of aliphatic hydroxyl groups excluding tert-OH is 1. The molecule has 3 rings (SSSR count). The monoisotopic (exact) mass is 404 g/mol. The van der Waals surface area contributed by atoms with Crippen molar-refractivity contribution in [1.29, 1.82) is 5.26 Å². The Labute approximate surface area is 169 Å². The first-order valence-corrected chi connectivity index (χ1v) is 9.43. The molecule has 1 aliphatic rings. The molecular weight excluding hydrogens is 384 g/mol. The second-order valence-corrected chi connectivity index (χ2v) is 7.25. The quantitative estimate of drug-likeness (QED) is 0.663. The Hall–Kier alpha value is -2.14. The number of pyridine rings is 1. The summed E-state index contributed by atoms with van der Waals surface area (Å²) in [5.41, 5.74) is 1.79. The van der Waals surface area contributed by atoms with Gasteiger partial charge in [0.05, 0.1) is 30.9 Å². The fourth-order valence-corrected chi connectivity index (χ4v) is 3.82. The molecule has 6 nitrogen and oxygen atoms in total. The fourth-order valence-electron chi connectivity index (χ4n) is 3.11. The predicted octanol–water partition coefficient (Wildman–Crippen LogP) is 3.36. The van der Waals surface area contributed by atoms with Gasteiger partial charge in [-0.1, -0.05) is 23.7 Å². The van der Waals surface area contributed by atoms with Crippen LogP contribution in [0.25, 0.3) is 0 Å². The van der Waals surface area contributed by atoms with Crippen LogP contribution in [0.15, 0.2) is 35.4 Å². The number of hydrogen-bond donors (Lipinski definition) is 3. The molecule has 0 saturated carbocycles. The molecule has 8 heteroatoms. The minimum atomic E-state index is -0.712. The largest absolute Gasteiger partial charge is 0.497 e. The van der Waals surface area contributed by atoms with Crippen LogP contribution in [-0.4, -0.2) is 36.4 Å². The summed E-state index contributed by atoms with van der Waals surface area (Å²) >= 11 is 11.1. The maximum absolute atomic E-state index is 10.2. The van der Waals surface area contributed by atoms with Crippen molar-refractivity contribution in [3.05, 3.63) is 41.0 Å². The highest BCUT2D eigenvalue weighted by atomic mass is 35.5. The van der Waals surface area contributed by atoms with Crippen LogP contribution in [0.2, 0.25) is 5.02 Å². The Morgan fingerprint density at radius 2 is 2.19 bits per heavy atom. The van der Waals surface area contributed by atoms with E-state index in [0.29, 0.717) is 41.8 Å². The summed E-state index contributed by atoms with van der Waals surface area (Å²) < 4.78 is 5.16. The Balaban J connectivity index is 1.76. The second-order valence-electron chi connectivity index (χ2n) is 6.39. The molecule has 0 spiro atoms. The number of β-amino-alcohol motifs (C(OH)–C–C–N with tert-alkyl or cyclic N) is 1. The van der Waals surface area contributed by atoms with E-state index in [9.17, 15) is 5.11 Å². The third-order valence-electron chi connectivity index (χ3n) is 4.66. The van der Waals surface area contributed by atoms with Gasteiger partial charge in [0, 0.05) is 30.7 Å². The van der Waals surface area contributed by atoms with Crippen LogP contribution in [0.1, 0.15) is 12.0 Å². The summed E-state index contributed by atoms with van der Waals surface area (Å²) in [6.45, 7) is 1.53. The number of hydrogen-bond acceptors (Lipinski definition) is 7. The molecule has 0 radical (unpaired) electrons. The summed E-state index contributed by atoms with van der Waals surface area (Å²) in [6.07, 6.45) is 1.51. The first kappa shape index (κ1) is 19.6. The van der Waals surface area contributed by atoms with E-state index in [1.807, 2.05) is 29.2 Å². The van der Waals surface area contributed by atoms with Gasteiger partial charge in [-0.15, -0.1) is 12.6 Å². The number of aliphatic hydroxyl groups is 1. The molecule has 27 heavy (non-hydrogen) atoms. The molecule has 2 heterocycles. The van der Waals surface area contributed by atoms with E-state index in [1.165, 1.54) is 0 Å². The van der Waals surface area contributed by atoms with E-state index in [2.05, 4.69) is 29.0 Å². The van der Waals surface area contributed by atoms with E-state index in [1.54, 1.807) is 13.3 Å². The van der Waals surface area contributed by atoms with Crippen molar-refractivity contribution < 1.29 is 9.84 Å². The molecule has 1 aromatic heterocycles. The Morgan fingerprint density at radius 1 is 1.44 bits per heavy atom. The maximum atomic E-state index is 10.2. The number of benzene rings is 1. The van der Waals surface area contributed by atoms with Gasteiger partial charge in [-0.2, -0.15) is 5.26 Å². The summed E-state index contributed by atoms with van der Waals surface area (Å²) in [7, 11) is 1.63. The molecular formula is C19H21ClN4O2S. The van der Waals surface area contributed by atoms with Gasteiger partial charge in [0.2, 0.25) is 0 Å². The Kier molecular flexibility index (Phi) is 6.32. The van der Waals surface area contributed by atoms with E-state index in [0.717, 1.165) is 17.0 Å². The van der Waals surface area contributed by atoms with Crippen molar-refractivity contribution in [1.82, 2.24) is 4.98 Å². The van der Waals surface area contributed by atoms with Crippen LogP contribution in [0, 0.1) is 17.2 Å². The van der Waals surface area contributed by atoms with Gasteiger partial charge < -0.3 is 20.1 Å². The summed E-state index contributed by atoms with van der Waals surface area (Å²) in [4.78, 5) is 6.94. The van der Waals surface area contributed by atoms with Crippen LogP contribution < -0.4 is 15.0 Å².